The molecule has 0 fully saturated rings. The number of ether oxygens (including phenoxy) is 1. The van der Waals surface area contributed by atoms with Crippen molar-refractivity contribution in [3.05, 3.63) is 70.1 Å². The van der Waals surface area contributed by atoms with Crippen molar-refractivity contribution in [1.29, 1.82) is 0 Å². The van der Waals surface area contributed by atoms with E-state index >= 15 is 0 Å². The largest absolute Gasteiger partial charge is 0.489 e. The Morgan fingerprint density at radius 2 is 1.85 bits per heavy atom. The second kappa shape index (κ2) is 8.46. The maximum absolute atomic E-state index is 12.7. The van der Waals surface area contributed by atoms with Crippen LogP contribution in [-0.2, 0) is 17.6 Å². The van der Waals surface area contributed by atoms with Crippen LogP contribution in [0.25, 0.3) is 0 Å². The van der Waals surface area contributed by atoms with E-state index in [2.05, 4.69) is 10.3 Å². The number of oxime groups is 1. The highest BCUT2D eigenvalue weighted by Crippen LogP contribution is 2.29. The number of halogens is 3. The maximum atomic E-state index is 12.7. The summed E-state index contributed by atoms with van der Waals surface area (Å²) < 4.78 is 43.7. The van der Waals surface area contributed by atoms with Crippen molar-refractivity contribution in [3.63, 3.8) is 0 Å². The summed E-state index contributed by atoms with van der Waals surface area (Å²) in [4.78, 5) is 15.4. The normalized spacial score (nSPS) is 13.2. The van der Waals surface area contributed by atoms with Crippen LogP contribution in [-0.4, -0.2) is 18.9 Å². The van der Waals surface area contributed by atoms with E-state index in [0.29, 0.717) is 22.6 Å². The third-order valence-corrected chi connectivity index (χ3v) is 3.55. The Labute approximate surface area is 148 Å². The van der Waals surface area contributed by atoms with E-state index < -0.39 is 17.8 Å². The van der Waals surface area contributed by atoms with Crippen LogP contribution in [0.2, 0.25) is 0 Å². The number of hydrogen-bond acceptors (Lipinski definition) is 5. The fourth-order valence-electron chi connectivity index (χ4n) is 2.24. The molecule has 26 heavy (non-hydrogen) atoms. The van der Waals surface area contributed by atoms with Crippen LogP contribution in [0.5, 0.6) is 5.75 Å². The predicted molar refractivity (Wildman–Crippen MR) is 91.0 cm³/mol. The highest BCUT2D eigenvalue weighted by molar-refractivity contribution is 6.04. The van der Waals surface area contributed by atoms with Crippen LogP contribution < -0.4 is 4.74 Å². The third kappa shape index (κ3) is 5.05. The molecule has 1 atom stereocenters. The van der Waals surface area contributed by atoms with Gasteiger partial charge in [-0.1, -0.05) is 22.5 Å². The average molecular weight is 366 g/mol. The van der Waals surface area contributed by atoms with Crippen LogP contribution in [0.15, 0.2) is 58.9 Å². The van der Waals surface area contributed by atoms with Crippen LogP contribution in [0.3, 0.4) is 0 Å². The van der Waals surface area contributed by atoms with E-state index in [-0.39, 0.29) is 6.61 Å². The van der Waals surface area contributed by atoms with Crippen molar-refractivity contribution in [1.82, 2.24) is 0 Å². The lowest BCUT2D eigenvalue weighted by molar-refractivity contribution is -0.137. The second-order valence-corrected chi connectivity index (χ2v) is 5.45. The molecule has 0 amide bonds. The van der Waals surface area contributed by atoms with Crippen molar-refractivity contribution in [2.24, 2.45) is 10.3 Å². The minimum atomic E-state index is -4.39. The van der Waals surface area contributed by atoms with Gasteiger partial charge in [0.2, 0.25) is 0 Å². The lowest BCUT2D eigenvalue weighted by Crippen LogP contribution is -2.16. The molecule has 0 radical (unpaired) electrons. The van der Waals surface area contributed by atoms with Crippen molar-refractivity contribution >= 4 is 5.71 Å². The topological polar surface area (TPSA) is 60.2 Å². The lowest BCUT2D eigenvalue weighted by Gasteiger charge is -2.11. The molecule has 0 spiro atoms. The Morgan fingerprint density at radius 1 is 1.15 bits per heavy atom. The molecule has 1 unspecified atom stereocenters. The first-order valence-corrected chi connectivity index (χ1v) is 7.68. The molecule has 5 nitrogen and oxygen atoms in total. The summed E-state index contributed by atoms with van der Waals surface area (Å²) in [6.45, 7) is 1.58. The first-order valence-electron chi connectivity index (χ1n) is 7.68. The van der Waals surface area contributed by atoms with Gasteiger partial charge in [0.1, 0.15) is 31.2 Å². The van der Waals surface area contributed by atoms with Gasteiger partial charge in [-0.3, -0.25) is 0 Å². The minimum absolute atomic E-state index is 0.00538. The Morgan fingerprint density at radius 3 is 2.42 bits per heavy atom. The van der Waals surface area contributed by atoms with Crippen molar-refractivity contribution < 1.29 is 22.7 Å². The number of hydrogen-bond donors (Lipinski definition) is 0. The zero-order chi connectivity index (χ0) is 19.2. The molecule has 138 valence electrons. The summed E-state index contributed by atoms with van der Waals surface area (Å²) in [6, 6.07) is 10.9. The molecule has 2 aromatic rings. The standard InChI is InChI=1S/C18H17F3N2O3/c1-12(22-24)17(23-25-2)14-6-8-16(9-7-14)26-11-13-4-3-5-15(10-13)18(19,20)21/h3-10,12H,11H2,1-2H3. The molecule has 0 saturated heterocycles. The first kappa shape index (κ1) is 19.4. The number of alkyl halides is 3. The predicted octanol–water partition coefficient (Wildman–Crippen LogP) is 4.79. The first-order chi connectivity index (χ1) is 12.3. The molecule has 2 rings (SSSR count). The lowest BCUT2D eigenvalue weighted by atomic mass is 10.1. The van der Waals surface area contributed by atoms with E-state index in [0.717, 1.165) is 12.1 Å². The summed E-state index contributed by atoms with van der Waals surface area (Å²) in [6.07, 6.45) is -4.39. The Bertz CT molecular complexity index is 774. The summed E-state index contributed by atoms with van der Waals surface area (Å²) in [7, 11) is 1.37. The summed E-state index contributed by atoms with van der Waals surface area (Å²) in [5, 5.41) is 6.72. The number of nitrogens with zero attached hydrogens (tertiary/aromatic N) is 2. The zero-order valence-electron chi connectivity index (χ0n) is 14.2. The monoisotopic (exact) mass is 366 g/mol. The second-order valence-electron chi connectivity index (χ2n) is 5.45. The number of rotatable bonds is 7. The molecule has 0 saturated carbocycles. The molecule has 0 bridgehead atoms. The van der Waals surface area contributed by atoms with Gasteiger partial charge in [0, 0.05) is 5.56 Å². The maximum Gasteiger partial charge on any atom is 0.416 e. The summed E-state index contributed by atoms with van der Waals surface area (Å²) in [5.74, 6) is 0.467. The highest BCUT2D eigenvalue weighted by atomic mass is 19.4. The molecule has 0 heterocycles. The van der Waals surface area contributed by atoms with Crippen LogP contribution in [0, 0.1) is 4.91 Å². The molecule has 2 aromatic carbocycles. The minimum Gasteiger partial charge on any atom is -0.489 e. The van der Waals surface area contributed by atoms with Gasteiger partial charge in [0.25, 0.3) is 0 Å². The van der Waals surface area contributed by atoms with Crippen LogP contribution in [0.4, 0.5) is 13.2 Å². The molecule has 8 heteroatoms. The molecule has 0 aliphatic carbocycles. The molecular weight excluding hydrogens is 349 g/mol. The smallest absolute Gasteiger partial charge is 0.416 e. The van der Waals surface area contributed by atoms with Gasteiger partial charge in [-0.15, -0.1) is 0 Å². The van der Waals surface area contributed by atoms with Crippen LogP contribution >= 0.6 is 0 Å². The van der Waals surface area contributed by atoms with Crippen molar-refractivity contribution in [2.75, 3.05) is 7.11 Å². The van der Waals surface area contributed by atoms with Gasteiger partial charge >= 0.3 is 6.18 Å². The Kier molecular flexibility index (Phi) is 6.32. The van der Waals surface area contributed by atoms with E-state index in [1.807, 2.05) is 0 Å². The average Bonchev–Trinajstić information content (AvgIpc) is 2.64. The van der Waals surface area contributed by atoms with Gasteiger partial charge in [-0.05, 0) is 48.9 Å². The van der Waals surface area contributed by atoms with Gasteiger partial charge < -0.3 is 9.57 Å². The third-order valence-electron chi connectivity index (χ3n) is 3.55. The number of benzene rings is 2. The van der Waals surface area contributed by atoms with Crippen LogP contribution in [0.1, 0.15) is 23.6 Å². The molecule has 0 N–H and O–H groups in total. The quantitative estimate of drug-likeness (QED) is 0.402. The molecule has 0 aromatic heterocycles. The van der Waals surface area contributed by atoms with Gasteiger partial charge in [-0.25, -0.2) is 0 Å². The number of nitroso groups, excluding NO2 is 1. The van der Waals surface area contributed by atoms with E-state index in [1.165, 1.54) is 13.2 Å². The fraction of sp³-hybridized carbons (Fsp3) is 0.278. The SMILES string of the molecule is CON=C(c1ccc(OCc2cccc(C(F)(F)F)c2)cc1)C(C)N=O. The van der Waals surface area contributed by atoms with E-state index in [4.69, 9.17) is 9.57 Å². The van der Waals surface area contributed by atoms with Gasteiger partial charge in [0.05, 0.1) is 5.56 Å². The Balaban J connectivity index is 2.08. The van der Waals surface area contributed by atoms with E-state index in [9.17, 15) is 18.1 Å². The molecular formula is C18H17F3N2O3. The summed E-state index contributed by atoms with van der Waals surface area (Å²) in [5.41, 5.74) is 0.686. The fourth-order valence-corrected chi connectivity index (χ4v) is 2.24. The molecule has 0 aliphatic rings. The van der Waals surface area contributed by atoms with Gasteiger partial charge in [0.15, 0.2) is 0 Å². The molecule has 0 aliphatic heterocycles. The summed E-state index contributed by atoms with van der Waals surface area (Å²) >= 11 is 0. The Hall–Kier alpha value is -2.90. The highest BCUT2D eigenvalue weighted by Gasteiger charge is 2.30. The van der Waals surface area contributed by atoms with Crippen molar-refractivity contribution in [2.45, 2.75) is 25.7 Å². The van der Waals surface area contributed by atoms with Gasteiger partial charge in [-0.2, -0.15) is 18.1 Å². The van der Waals surface area contributed by atoms with E-state index in [1.54, 1.807) is 37.3 Å². The van der Waals surface area contributed by atoms with Crippen molar-refractivity contribution in [3.8, 4) is 5.75 Å². The zero-order valence-corrected chi connectivity index (χ0v) is 14.2.